The fourth-order valence-electron chi connectivity index (χ4n) is 1.21. The molecule has 2 nitrogen and oxygen atoms in total. The topological polar surface area (TPSA) is 33.1 Å². The number of rotatable bonds is 2. The second-order valence-electron chi connectivity index (χ2n) is 2.65. The smallest absolute Gasteiger partial charge is 0.0866 e. The Balaban J connectivity index is 2.47. The Morgan fingerprint density at radius 3 is 2.69 bits per heavy atom. The Bertz CT molecular complexity index is 383. The summed E-state index contributed by atoms with van der Waals surface area (Å²) in [5.74, 6) is 0. The lowest BCUT2D eigenvalue weighted by molar-refractivity contribution is 0.286. The predicted octanol–water partition coefficient (Wildman–Crippen LogP) is 2.30. The third-order valence-electron chi connectivity index (χ3n) is 1.83. The number of aromatic nitrogens is 1. The molecule has 13 heavy (non-hydrogen) atoms. The van der Waals surface area contributed by atoms with Crippen LogP contribution in [-0.2, 0) is 6.61 Å². The van der Waals surface area contributed by atoms with Crippen LogP contribution in [0.15, 0.2) is 35.8 Å². The zero-order valence-electron chi connectivity index (χ0n) is 6.97. The van der Waals surface area contributed by atoms with E-state index in [9.17, 15) is 0 Å². The molecule has 0 saturated carbocycles. The second kappa shape index (κ2) is 3.68. The summed E-state index contributed by atoms with van der Waals surface area (Å²) in [5.41, 5.74) is 3.72. The van der Waals surface area contributed by atoms with Crippen LogP contribution in [0.2, 0.25) is 0 Å². The predicted molar refractivity (Wildman–Crippen MR) is 53.5 cm³/mol. The van der Waals surface area contributed by atoms with Gasteiger partial charge < -0.3 is 5.11 Å². The van der Waals surface area contributed by atoms with Gasteiger partial charge in [-0.25, -0.2) is 4.98 Å². The largest absolute Gasteiger partial charge is 0.391 e. The first-order valence-corrected chi connectivity index (χ1v) is 4.88. The third kappa shape index (κ3) is 1.61. The van der Waals surface area contributed by atoms with Gasteiger partial charge in [-0.15, -0.1) is 11.3 Å². The Labute approximate surface area is 80.5 Å². The molecule has 0 amide bonds. The summed E-state index contributed by atoms with van der Waals surface area (Å²) in [6.07, 6.45) is 0. The number of thiazole rings is 1. The van der Waals surface area contributed by atoms with E-state index in [2.05, 4.69) is 4.98 Å². The first kappa shape index (κ1) is 8.41. The van der Waals surface area contributed by atoms with E-state index < -0.39 is 0 Å². The average Bonchev–Trinajstić information content (AvgIpc) is 2.67. The van der Waals surface area contributed by atoms with Gasteiger partial charge in [0.2, 0.25) is 0 Å². The van der Waals surface area contributed by atoms with Crippen molar-refractivity contribution in [1.82, 2.24) is 4.98 Å². The van der Waals surface area contributed by atoms with Gasteiger partial charge in [-0.3, -0.25) is 0 Å². The summed E-state index contributed by atoms with van der Waals surface area (Å²) in [7, 11) is 0. The molecule has 0 unspecified atom stereocenters. The number of aliphatic hydroxyl groups is 1. The quantitative estimate of drug-likeness (QED) is 0.790. The van der Waals surface area contributed by atoms with Crippen LogP contribution in [0, 0.1) is 0 Å². The summed E-state index contributed by atoms with van der Waals surface area (Å²) < 4.78 is 0. The monoisotopic (exact) mass is 191 g/mol. The van der Waals surface area contributed by atoms with Crippen molar-refractivity contribution >= 4 is 11.3 Å². The van der Waals surface area contributed by atoms with E-state index in [1.165, 1.54) is 11.3 Å². The first-order valence-electron chi connectivity index (χ1n) is 4.00. The van der Waals surface area contributed by atoms with Crippen LogP contribution in [0.3, 0.4) is 0 Å². The molecule has 1 aromatic carbocycles. The average molecular weight is 191 g/mol. The van der Waals surface area contributed by atoms with E-state index in [1.54, 1.807) is 5.51 Å². The van der Waals surface area contributed by atoms with Gasteiger partial charge in [0.05, 0.1) is 22.7 Å². The van der Waals surface area contributed by atoms with Crippen LogP contribution in [0.25, 0.3) is 11.3 Å². The van der Waals surface area contributed by atoms with E-state index in [-0.39, 0.29) is 6.61 Å². The minimum atomic E-state index is 0.0644. The molecule has 0 fully saturated rings. The van der Waals surface area contributed by atoms with Crippen molar-refractivity contribution in [3.8, 4) is 11.3 Å². The van der Waals surface area contributed by atoms with Crippen LogP contribution < -0.4 is 0 Å². The maximum absolute atomic E-state index is 9.04. The number of hydrogen-bond acceptors (Lipinski definition) is 3. The molecule has 0 aliphatic heterocycles. The minimum Gasteiger partial charge on any atom is -0.391 e. The van der Waals surface area contributed by atoms with E-state index in [0.717, 1.165) is 16.1 Å². The molecule has 0 saturated heterocycles. The molecular formula is C10H9NOS. The maximum atomic E-state index is 9.04. The Hall–Kier alpha value is -1.19. The normalized spacial score (nSPS) is 10.2. The van der Waals surface area contributed by atoms with Crippen molar-refractivity contribution in [2.24, 2.45) is 0 Å². The lowest BCUT2D eigenvalue weighted by Crippen LogP contribution is -1.83. The molecule has 0 aliphatic rings. The molecule has 0 spiro atoms. The van der Waals surface area contributed by atoms with E-state index in [4.69, 9.17) is 5.11 Å². The van der Waals surface area contributed by atoms with Crippen LogP contribution >= 0.6 is 11.3 Å². The highest BCUT2D eigenvalue weighted by Crippen LogP contribution is 2.24. The maximum Gasteiger partial charge on any atom is 0.0866 e. The lowest BCUT2D eigenvalue weighted by atomic mass is 10.1. The highest BCUT2D eigenvalue weighted by molar-refractivity contribution is 7.10. The molecule has 0 aliphatic carbocycles. The summed E-state index contributed by atoms with van der Waals surface area (Å²) in [6, 6.07) is 9.89. The lowest BCUT2D eigenvalue weighted by Gasteiger charge is -1.98. The highest BCUT2D eigenvalue weighted by Gasteiger charge is 2.05. The van der Waals surface area contributed by atoms with Gasteiger partial charge in [0.1, 0.15) is 0 Å². The van der Waals surface area contributed by atoms with Crippen LogP contribution in [0.1, 0.15) is 4.88 Å². The number of benzene rings is 1. The van der Waals surface area contributed by atoms with Gasteiger partial charge in [-0.05, 0) is 0 Å². The van der Waals surface area contributed by atoms with Gasteiger partial charge in [0.25, 0.3) is 0 Å². The van der Waals surface area contributed by atoms with Crippen molar-refractivity contribution in [3.63, 3.8) is 0 Å². The fourth-order valence-corrected chi connectivity index (χ4v) is 1.86. The van der Waals surface area contributed by atoms with Gasteiger partial charge in [-0.2, -0.15) is 0 Å². The molecule has 66 valence electrons. The van der Waals surface area contributed by atoms with Crippen LogP contribution in [0.5, 0.6) is 0 Å². The highest BCUT2D eigenvalue weighted by atomic mass is 32.1. The molecule has 2 aromatic rings. The molecule has 1 aromatic heterocycles. The molecule has 0 bridgehead atoms. The Morgan fingerprint density at radius 1 is 1.23 bits per heavy atom. The molecule has 0 radical (unpaired) electrons. The fraction of sp³-hybridized carbons (Fsp3) is 0.100. The molecule has 2 rings (SSSR count). The summed E-state index contributed by atoms with van der Waals surface area (Å²) >= 11 is 1.48. The van der Waals surface area contributed by atoms with E-state index >= 15 is 0 Å². The summed E-state index contributed by atoms with van der Waals surface area (Å²) in [5, 5.41) is 9.04. The van der Waals surface area contributed by atoms with Crippen molar-refractivity contribution in [1.29, 1.82) is 0 Å². The molecule has 1 N–H and O–H groups in total. The SMILES string of the molecule is OCc1scnc1-c1ccccc1. The van der Waals surface area contributed by atoms with Gasteiger partial charge >= 0.3 is 0 Å². The zero-order valence-corrected chi connectivity index (χ0v) is 7.79. The van der Waals surface area contributed by atoms with E-state index in [0.29, 0.717) is 0 Å². The van der Waals surface area contributed by atoms with Crippen LogP contribution in [-0.4, -0.2) is 10.1 Å². The summed E-state index contributed by atoms with van der Waals surface area (Å²) in [6.45, 7) is 0.0644. The van der Waals surface area contributed by atoms with Crippen LogP contribution in [0.4, 0.5) is 0 Å². The van der Waals surface area contributed by atoms with Gasteiger partial charge in [0.15, 0.2) is 0 Å². The van der Waals surface area contributed by atoms with Crippen molar-refractivity contribution < 1.29 is 5.11 Å². The molecule has 0 atom stereocenters. The van der Waals surface area contributed by atoms with Gasteiger partial charge in [0, 0.05) is 5.56 Å². The second-order valence-corrected chi connectivity index (χ2v) is 3.59. The number of nitrogens with zero attached hydrogens (tertiary/aromatic N) is 1. The zero-order chi connectivity index (χ0) is 9.10. The Morgan fingerprint density at radius 2 is 2.00 bits per heavy atom. The van der Waals surface area contributed by atoms with Crippen molar-refractivity contribution in [2.45, 2.75) is 6.61 Å². The number of hydrogen-bond donors (Lipinski definition) is 1. The molecular weight excluding hydrogens is 182 g/mol. The van der Waals surface area contributed by atoms with Crippen molar-refractivity contribution in [2.75, 3.05) is 0 Å². The standard InChI is InChI=1S/C10H9NOS/c12-6-9-10(11-7-13-9)8-4-2-1-3-5-8/h1-5,7,12H,6H2. The van der Waals surface area contributed by atoms with Crippen molar-refractivity contribution in [3.05, 3.63) is 40.7 Å². The van der Waals surface area contributed by atoms with E-state index in [1.807, 2.05) is 30.3 Å². The van der Waals surface area contributed by atoms with Gasteiger partial charge in [-0.1, -0.05) is 30.3 Å². The first-order chi connectivity index (χ1) is 6.42. The summed E-state index contributed by atoms with van der Waals surface area (Å²) in [4.78, 5) is 5.14. The minimum absolute atomic E-state index is 0.0644. The number of aliphatic hydroxyl groups excluding tert-OH is 1. The molecule has 1 heterocycles. The molecule has 3 heteroatoms. The third-order valence-corrected chi connectivity index (χ3v) is 2.65. The Kier molecular flexibility index (Phi) is 2.38.